The standard InChI is InChI=1S/C18H19ClN6O4/c1-12-9-14(3-4-15(12)19)29-11-23-7-5-16(21-23)18(26)20-6-8-24-13(2)10-17(22-24)25(27)28/h3-5,7,9-10H,6,8,11H2,1-2H3,(H,20,26). The Hall–Kier alpha value is -3.40. The average Bonchev–Trinajstić information content (AvgIpc) is 3.30. The number of aromatic nitrogens is 4. The first-order valence-corrected chi connectivity index (χ1v) is 9.11. The van der Waals surface area contributed by atoms with Gasteiger partial charge in [0.15, 0.2) is 6.73 Å². The molecule has 0 unspecified atom stereocenters. The van der Waals surface area contributed by atoms with Crippen molar-refractivity contribution >= 4 is 23.3 Å². The molecular formula is C18H19ClN6O4. The number of halogens is 1. The fourth-order valence-electron chi connectivity index (χ4n) is 2.58. The van der Waals surface area contributed by atoms with E-state index in [1.807, 2.05) is 13.0 Å². The molecular weight excluding hydrogens is 400 g/mol. The van der Waals surface area contributed by atoms with Crippen molar-refractivity contribution in [3.05, 3.63) is 68.6 Å². The highest BCUT2D eigenvalue weighted by Gasteiger charge is 2.15. The van der Waals surface area contributed by atoms with Crippen molar-refractivity contribution in [1.29, 1.82) is 0 Å². The maximum absolute atomic E-state index is 12.2. The molecule has 3 aromatic rings. The van der Waals surface area contributed by atoms with Crippen molar-refractivity contribution in [3.8, 4) is 5.75 Å². The molecule has 0 atom stereocenters. The zero-order chi connectivity index (χ0) is 21.0. The van der Waals surface area contributed by atoms with Crippen LogP contribution in [-0.2, 0) is 13.3 Å². The number of hydrogen-bond acceptors (Lipinski definition) is 6. The normalized spacial score (nSPS) is 10.7. The Bertz CT molecular complexity index is 1040. The number of nitrogens with zero attached hydrogens (tertiary/aromatic N) is 5. The summed E-state index contributed by atoms with van der Waals surface area (Å²) in [6.07, 6.45) is 1.64. The third-order valence-corrected chi connectivity index (χ3v) is 4.55. The molecule has 1 N–H and O–H groups in total. The van der Waals surface area contributed by atoms with Crippen LogP contribution < -0.4 is 10.1 Å². The maximum atomic E-state index is 12.2. The van der Waals surface area contributed by atoms with Crippen LogP contribution >= 0.6 is 11.6 Å². The summed E-state index contributed by atoms with van der Waals surface area (Å²) >= 11 is 5.99. The molecule has 0 saturated carbocycles. The van der Waals surface area contributed by atoms with E-state index < -0.39 is 4.92 Å². The van der Waals surface area contributed by atoms with Crippen LogP contribution in [0.3, 0.4) is 0 Å². The lowest BCUT2D eigenvalue weighted by Crippen LogP contribution is -2.28. The predicted molar refractivity (Wildman–Crippen MR) is 105 cm³/mol. The topological polar surface area (TPSA) is 117 Å². The van der Waals surface area contributed by atoms with E-state index in [4.69, 9.17) is 16.3 Å². The number of hydrogen-bond donors (Lipinski definition) is 1. The van der Waals surface area contributed by atoms with E-state index in [-0.39, 0.29) is 30.7 Å². The predicted octanol–water partition coefficient (Wildman–Crippen LogP) is 2.72. The fraction of sp³-hybridized carbons (Fsp3) is 0.278. The Labute approximate surface area is 171 Å². The van der Waals surface area contributed by atoms with Gasteiger partial charge in [0.2, 0.25) is 0 Å². The van der Waals surface area contributed by atoms with E-state index in [1.54, 1.807) is 31.3 Å². The summed E-state index contributed by atoms with van der Waals surface area (Å²) < 4.78 is 8.61. The van der Waals surface area contributed by atoms with Gasteiger partial charge in [-0.1, -0.05) is 11.6 Å². The minimum Gasteiger partial charge on any atom is -0.471 e. The van der Waals surface area contributed by atoms with Crippen LogP contribution in [0.2, 0.25) is 5.02 Å². The molecule has 1 aromatic carbocycles. The Kier molecular flexibility index (Phi) is 6.13. The summed E-state index contributed by atoms with van der Waals surface area (Å²) in [4.78, 5) is 22.4. The molecule has 0 aliphatic heterocycles. The smallest absolute Gasteiger partial charge is 0.390 e. The number of amides is 1. The van der Waals surface area contributed by atoms with E-state index in [2.05, 4.69) is 15.5 Å². The number of rotatable bonds is 8. The molecule has 0 aliphatic carbocycles. The van der Waals surface area contributed by atoms with Crippen LogP contribution in [-0.4, -0.2) is 36.9 Å². The summed E-state index contributed by atoms with van der Waals surface area (Å²) in [5, 5.41) is 22.2. The van der Waals surface area contributed by atoms with Crippen LogP contribution in [0.4, 0.5) is 5.82 Å². The fourth-order valence-corrected chi connectivity index (χ4v) is 2.69. The molecule has 2 aromatic heterocycles. The van der Waals surface area contributed by atoms with Gasteiger partial charge in [-0.15, -0.1) is 0 Å². The van der Waals surface area contributed by atoms with Crippen LogP contribution in [0.15, 0.2) is 36.5 Å². The second kappa shape index (κ2) is 8.74. The largest absolute Gasteiger partial charge is 0.471 e. The Balaban J connectivity index is 1.50. The highest BCUT2D eigenvalue weighted by Crippen LogP contribution is 2.21. The minimum atomic E-state index is -0.553. The summed E-state index contributed by atoms with van der Waals surface area (Å²) in [6, 6.07) is 8.29. The average molecular weight is 419 g/mol. The molecule has 2 heterocycles. The van der Waals surface area contributed by atoms with Crippen LogP contribution in [0.5, 0.6) is 5.75 Å². The maximum Gasteiger partial charge on any atom is 0.390 e. The molecule has 0 radical (unpaired) electrons. The first kappa shape index (κ1) is 20.3. The number of nitro groups is 1. The molecule has 0 bridgehead atoms. The summed E-state index contributed by atoms with van der Waals surface area (Å²) in [7, 11) is 0. The lowest BCUT2D eigenvalue weighted by Gasteiger charge is -2.07. The van der Waals surface area contributed by atoms with Gasteiger partial charge in [-0.25, -0.2) is 4.68 Å². The molecule has 0 spiro atoms. The van der Waals surface area contributed by atoms with E-state index in [1.165, 1.54) is 15.4 Å². The van der Waals surface area contributed by atoms with Gasteiger partial charge in [0, 0.05) is 17.8 Å². The third-order valence-electron chi connectivity index (χ3n) is 4.13. The molecule has 11 heteroatoms. The van der Waals surface area contributed by atoms with Crippen LogP contribution in [0.25, 0.3) is 0 Å². The van der Waals surface area contributed by atoms with Crippen molar-refractivity contribution in [2.24, 2.45) is 0 Å². The Morgan fingerprint density at radius 1 is 1.28 bits per heavy atom. The van der Waals surface area contributed by atoms with Gasteiger partial charge in [-0.05, 0) is 48.6 Å². The molecule has 152 valence electrons. The van der Waals surface area contributed by atoms with E-state index in [0.717, 1.165) is 5.56 Å². The lowest BCUT2D eigenvalue weighted by molar-refractivity contribution is -0.389. The first-order valence-electron chi connectivity index (χ1n) is 8.73. The number of carbonyl (C=O) groups excluding carboxylic acids is 1. The lowest BCUT2D eigenvalue weighted by atomic mass is 10.2. The quantitative estimate of drug-likeness (QED) is 0.444. The Morgan fingerprint density at radius 3 is 2.76 bits per heavy atom. The zero-order valence-corrected chi connectivity index (χ0v) is 16.6. The minimum absolute atomic E-state index is 0.143. The number of carbonyl (C=O) groups is 1. The van der Waals surface area contributed by atoms with Crippen LogP contribution in [0, 0.1) is 24.0 Å². The second-order valence-corrected chi connectivity index (χ2v) is 6.71. The summed E-state index contributed by atoms with van der Waals surface area (Å²) in [6.45, 7) is 4.31. The van der Waals surface area contributed by atoms with Gasteiger partial charge in [-0.2, -0.15) is 9.78 Å². The number of ether oxygens (including phenoxy) is 1. The van der Waals surface area contributed by atoms with E-state index in [9.17, 15) is 14.9 Å². The highest BCUT2D eigenvalue weighted by molar-refractivity contribution is 6.31. The SMILES string of the molecule is Cc1cc(OCn2ccc(C(=O)NCCn3nc([N+](=O)[O-])cc3C)n2)ccc1Cl. The molecule has 10 nitrogen and oxygen atoms in total. The van der Waals surface area contributed by atoms with Crippen molar-refractivity contribution in [1.82, 2.24) is 24.9 Å². The molecule has 0 saturated heterocycles. The molecule has 1 amide bonds. The van der Waals surface area contributed by atoms with Gasteiger partial charge in [0.05, 0.1) is 23.4 Å². The highest BCUT2D eigenvalue weighted by atomic mass is 35.5. The number of nitrogens with one attached hydrogen (secondary N) is 1. The number of benzene rings is 1. The monoisotopic (exact) mass is 418 g/mol. The van der Waals surface area contributed by atoms with Gasteiger partial charge >= 0.3 is 5.82 Å². The third kappa shape index (κ3) is 5.11. The summed E-state index contributed by atoms with van der Waals surface area (Å²) in [5.41, 5.74) is 1.79. The van der Waals surface area contributed by atoms with Gasteiger partial charge in [0.1, 0.15) is 11.4 Å². The number of aryl methyl sites for hydroxylation is 2. The molecule has 3 rings (SSSR count). The summed E-state index contributed by atoms with van der Waals surface area (Å²) in [5.74, 6) is 0.0749. The molecule has 0 aliphatic rings. The zero-order valence-electron chi connectivity index (χ0n) is 15.8. The van der Waals surface area contributed by atoms with E-state index >= 15 is 0 Å². The molecule has 0 fully saturated rings. The first-order chi connectivity index (χ1) is 13.8. The van der Waals surface area contributed by atoms with Gasteiger partial charge in [-0.3, -0.25) is 4.79 Å². The second-order valence-electron chi connectivity index (χ2n) is 6.30. The van der Waals surface area contributed by atoms with Gasteiger partial charge < -0.3 is 20.2 Å². The molecule has 29 heavy (non-hydrogen) atoms. The van der Waals surface area contributed by atoms with Crippen molar-refractivity contribution < 1.29 is 14.5 Å². The van der Waals surface area contributed by atoms with Crippen LogP contribution in [0.1, 0.15) is 21.7 Å². The van der Waals surface area contributed by atoms with Crippen molar-refractivity contribution in [3.63, 3.8) is 0 Å². The van der Waals surface area contributed by atoms with Crippen molar-refractivity contribution in [2.45, 2.75) is 27.1 Å². The van der Waals surface area contributed by atoms with Gasteiger partial charge in [0.25, 0.3) is 5.91 Å². The Morgan fingerprint density at radius 2 is 2.07 bits per heavy atom. The van der Waals surface area contributed by atoms with E-state index in [0.29, 0.717) is 23.0 Å². The van der Waals surface area contributed by atoms with Crippen molar-refractivity contribution in [2.75, 3.05) is 6.54 Å².